The minimum absolute atomic E-state index is 0.167. The van der Waals surface area contributed by atoms with Gasteiger partial charge in [-0.1, -0.05) is 13.8 Å². The zero-order valence-corrected chi connectivity index (χ0v) is 10.2. The lowest BCUT2D eigenvalue weighted by Gasteiger charge is -2.21. The topological polar surface area (TPSA) is 44.5 Å². The minimum atomic E-state index is -4.68. The van der Waals surface area contributed by atoms with Crippen molar-refractivity contribution in [1.82, 2.24) is 0 Å². The van der Waals surface area contributed by atoms with Gasteiger partial charge in [0.15, 0.2) is 0 Å². The number of alkyl halides is 3. The van der Waals surface area contributed by atoms with Gasteiger partial charge >= 0.3 is 6.36 Å². The molecule has 1 aromatic carbocycles. The molecule has 0 fully saturated rings. The Labute approximate surface area is 104 Å². The van der Waals surface area contributed by atoms with Crippen molar-refractivity contribution in [3.05, 3.63) is 24.3 Å². The van der Waals surface area contributed by atoms with Crippen LogP contribution in [0.4, 0.5) is 13.2 Å². The first-order valence-corrected chi connectivity index (χ1v) is 5.54. The first kappa shape index (κ1) is 14.6. The van der Waals surface area contributed by atoms with Crippen LogP contribution in [0.1, 0.15) is 13.8 Å². The van der Waals surface area contributed by atoms with Crippen molar-refractivity contribution in [2.45, 2.75) is 26.3 Å². The molecule has 102 valence electrons. The third-order valence-electron chi connectivity index (χ3n) is 2.32. The first-order chi connectivity index (χ1) is 8.31. The van der Waals surface area contributed by atoms with Crippen molar-refractivity contribution < 1.29 is 22.6 Å². The van der Waals surface area contributed by atoms with Crippen molar-refractivity contribution in [2.75, 3.05) is 6.54 Å². The van der Waals surface area contributed by atoms with Crippen molar-refractivity contribution in [3.63, 3.8) is 0 Å². The molecule has 0 spiro atoms. The lowest BCUT2D eigenvalue weighted by atomic mass is 10.1. The lowest BCUT2D eigenvalue weighted by molar-refractivity contribution is -0.274. The van der Waals surface area contributed by atoms with E-state index in [-0.39, 0.29) is 17.8 Å². The normalized spacial score (nSPS) is 13.5. The highest BCUT2D eigenvalue weighted by molar-refractivity contribution is 5.31. The molecule has 3 nitrogen and oxygen atoms in total. The predicted molar refractivity (Wildman–Crippen MR) is 61.4 cm³/mol. The summed E-state index contributed by atoms with van der Waals surface area (Å²) in [5, 5.41) is 0. The molecule has 0 radical (unpaired) electrons. The summed E-state index contributed by atoms with van der Waals surface area (Å²) >= 11 is 0. The van der Waals surface area contributed by atoms with Gasteiger partial charge in [0.25, 0.3) is 0 Å². The molecule has 1 unspecified atom stereocenters. The van der Waals surface area contributed by atoms with Crippen LogP contribution in [0.2, 0.25) is 0 Å². The fraction of sp³-hybridized carbons (Fsp3) is 0.500. The predicted octanol–water partition coefficient (Wildman–Crippen LogP) is 2.95. The average Bonchev–Trinajstić information content (AvgIpc) is 2.25. The summed E-state index contributed by atoms with van der Waals surface area (Å²) in [6.07, 6.45) is -4.85. The van der Waals surface area contributed by atoms with Gasteiger partial charge in [0, 0.05) is 6.54 Å². The average molecular weight is 263 g/mol. The highest BCUT2D eigenvalue weighted by Gasteiger charge is 2.31. The molecule has 2 N–H and O–H groups in total. The van der Waals surface area contributed by atoms with Crippen LogP contribution < -0.4 is 15.2 Å². The van der Waals surface area contributed by atoms with Crippen molar-refractivity contribution in [2.24, 2.45) is 11.7 Å². The Morgan fingerprint density at radius 1 is 1.11 bits per heavy atom. The van der Waals surface area contributed by atoms with E-state index in [1.54, 1.807) is 0 Å². The molecule has 0 aliphatic heterocycles. The third kappa shape index (κ3) is 4.83. The van der Waals surface area contributed by atoms with Crippen molar-refractivity contribution in [3.8, 4) is 11.5 Å². The Hall–Kier alpha value is -1.43. The van der Waals surface area contributed by atoms with E-state index in [0.29, 0.717) is 12.3 Å². The molecule has 0 bridgehead atoms. The quantitative estimate of drug-likeness (QED) is 0.888. The number of halogens is 3. The van der Waals surface area contributed by atoms with E-state index in [2.05, 4.69) is 4.74 Å². The van der Waals surface area contributed by atoms with Crippen molar-refractivity contribution in [1.29, 1.82) is 0 Å². The van der Waals surface area contributed by atoms with Gasteiger partial charge in [-0.15, -0.1) is 13.2 Å². The van der Waals surface area contributed by atoms with E-state index in [0.717, 1.165) is 0 Å². The molecule has 1 rings (SSSR count). The molecule has 0 saturated heterocycles. The Kier molecular flexibility index (Phi) is 4.84. The second kappa shape index (κ2) is 5.95. The van der Waals surface area contributed by atoms with Crippen LogP contribution in [0.25, 0.3) is 0 Å². The summed E-state index contributed by atoms with van der Waals surface area (Å²) in [7, 11) is 0. The maximum Gasteiger partial charge on any atom is 0.573 e. The molecular formula is C12H16F3NO2. The smallest absolute Gasteiger partial charge is 0.489 e. The molecular weight excluding hydrogens is 247 g/mol. The fourth-order valence-electron chi connectivity index (χ4n) is 1.35. The second-order valence-electron chi connectivity index (χ2n) is 4.16. The largest absolute Gasteiger partial charge is 0.573 e. The maximum atomic E-state index is 11.9. The molecule has 18 heavy (non-hydrogen) atoms. The highest BCUT2D eigenvalue weighted by atomic mass is 19.4. The van der Waals surface area contributed by atoms with Gasteiger partial charge in [-0.2, -0.15) is 0 Å². The Morgan fingerprint density at radius 3 is 2.00 bits per heavy atom. The number of rotatable bonds is 5. The van der Waals surface area contributed by atoms with E-state index in [1.807, 2.05) is 13.8 Å². The van der Waals surface area contributed by atoms with Gasteiger partial charge in [0.2, 0.25) is 0 Å². The summed E-state index contributed by atoms with van der Waals surface area (Å²) in [6, 6.07) is 5.26. The zero-order chi connectivity index (χ0) is 13.8. The molecule has 0 aliphatic rings. The van der Waals surface area contributed by atoms with Crippen LogP contribution in [0.3, 0.4) is 0 Å². The van der Waals surface area contributed by atoms with Gasteiger partial charge in [-0.05, 0) is 30.2 Å². The van der Waals surface area contributed by atoms with Gasteiger partial charge in [-0.25, -0.2) is 0 Å². The van der Waals surface area contributed by atoms with E-state index in [4.69, 9.17) is 10.5 Å². The first-order valence-electron chi connectivity index (χ1n) is 5.54. The molecule has 0 aromatic heterocycles. The standard InChI is InChI=1S/C12H16F3NO2/c1-8(2)11(7-16)17-9-3-5-10(6-4-9)18-12(13,14)15/h3-6,8,11H,7,16H2,1-2H3. The van der Waals surface area contributed by atoms with Crippen LogP contribution >= 0.6 is 0 Å². The summed E-state index contributed by atoms with van der Waals surface area (Å²) in [5.41, 5.74) is 5.54. The van der Waals surface area contributed by atoms with Gasteiger partial charge in [0.1, 0.15) is 17.6 Å². The zero-order valence-electron chi connectivity index (χ0n) is 10.2. The number of hydrogen-bond acceptors (Lipinski definition) is 3. The summed E-state index contributed by atoms with van der Waals surface area (Å²) in [6.45, 7) is 4.26. The molecule has 1 atom stereocenters. The maximum absolute atomic E-state index is 11.9. The molecule has 1 aromatic rings. The number of nitrogens with two attached hydrogens (primary N) is 1. The summed E-state index contributed by atoms with van der Waals surface area (Å²) < 4.78 is 45.1. The van der Waals surface area contributed by atoms with E-state index in [9.17, 15) is 13.2 Å². The number of benzene rings is 1. The highest BCUT2D eigenvalue weighted by Crippen LogP contribution is 2.25. The number of ether oxygens (including phenoxy) is 2. The second-order valence-corrected chi connectivity index (χ2v) is 4.16. The minimum Gasteiger partial charge on any atom is -0.489 e. The third-order valence-corrected chi connectivity index (χ3v) is 2.32. The van der Waals surface area contributed by atoms with Crippen molar-refractivity contribution >= 4 is 0 Å². The van der Waals surface area contributed by atoms with Crippen LogP contribution in [0.15, 0.2) is 24.3 Å². The Bertz CT molecular complexity index is 363. The SMILES string of the molecule is CC(C)C(CN)Oc1ccc(OC(F)(F)F)cc1. The van der Waals surface area contributed by atoms with Gasteiger partial charge in [-0.3, -0.25) is 0 Å². The lowest BCUT2D eigenvalue weighted by Crippen LogP contribution is -2.31. The molecule has 0 amide bonds. The summed E-state index contributed by atoms with van der Waals surface area (Å²) in [4.78, 5) is 0. The molecule has 0 saturated carbocycles. The van der Waals surface area contributed by atoms with E-state index in [1.165, 1.54) is 24.3 Å². The monoisotopic (exact) mass is 263 g/mol. The van der Waals surface area contributed by atoms with Crippen LogP contribution in [0, 0.1) is 5.92 Å². The summed E-state index contributed by atoms with van der Waals surface area (Å²) in [5.74, 6) is 0.415. The van der Waals surface area contributed by atoms with Crippen LogP contribution in [0.5, 0.6) is 11.5 Å². The van der Waals surface area contributed by atoms with Crippen LogP contribution in [-0.2, 0) is 0 Å². The van der Waals surface area contributed by atoms with E-state index >= 15 is 0 Å². The Balaban J connectivity index is 2.65. The fourth-order valence-corrected chi connectivity index (χ4v) is 1.35. The van der Waals surface area contributed by atoms with Gasteiger partial charge in [0.05, 0.1) is 0 Å². The van der Waals surface area contributed by atoms with Crippen LogP contribution in [-0.4, -0.2) is 19.0 Å². The molecule has 0 aliphatic carbocycles. The number of hydrogen-bond donors (Lipinski definition) is 1. The molecule has 6 heteroatoms. The Morgan fingerprint density at radius 2 is 1.61 bits per heavy atom. The molecule has 0 heterocycles. The van der Waals surface area contributed by atoms with Gasteiger partial charge < -0.3 is 15.2 Å². The van der Waals surface area contributed by atoms with E-state index < -0.39 is 6.36 Å².